The minimum atomic E-state index is -1.43. The number of aliphatic carboxylic acids is 1. The van der Waals surface area contributed by atoms with Crippen molar-refractivity contribution in [3.63, 3.8) is 0 Å². The first kappa shape index (κ1) is 23.3. The maximum Gasteiger partial charge on any atom is 0.326 e. The Balaban J connectivity index is 2.77. The highest BCUT2D eigenvalue weighted by atomic mass is 16.4. The number of carbonyl (C=O) groups excluding carboxylic acids is 2. The fourth-order valence-corrected chi connectivity index (χ4v) is 3.31. The molecule has 0 bridgehead atoms. The van der Waals surface area contributed by atoms with Gasteiger partial charge in [-0.15, -0.1) is 0 Å². The van der Waals surface area contributed by atoms with Crippen LogP contribution in [0, 0.1) is 5.92 Å². The molecule has 0 spiro atoms. The van der Waals surface area contributed by atoms with Gasteiger partial charge in [-0.25, -0.2) is 4.79 Å². The summed E-state index contributed by atoms with van der Waals surface area (Å²) in [4.78, 5) is 37.9. The lowest BCUT2D eigenvalue weighted by Crippen LogP contribution is -2.56. The van der Waals surface area contributed by atoms with Crippen molar-refractivity contribution < 1.29 is 24.6 Å². The number of carboxylic acid groups (broad SMARTS) is 1. The van der Waals surface area contributed by atoms with Crippen LogP contribution in [0.15, 0.2) is 0 Å². The normalized spacial score (nSPS) is 20.4. The van der Waals surface area contributed by atoms with Gasteiger partial charge in [0.15, 0.2) is 0 Å². The molecule has 0 aromatic carbocycles. The van der Waals surface area contributed by atoms with Gasteiger partial charge in [0, 0.05) is 12.6 Å². The lowest BCUT2D eigenvalue weighted by atomic mass is 10.00. The number of hydrogen-bond acceptors (Lipinski definition) is 6. The van der Waals surface area contributed by atoms with Crippen LogP contribution in [0.25, 0.3) is 0 Å². The highest BCUT2D eigenvalue weighted by molar-refractivity contribution is 5.92. The molecular weight excluding hydrogens is 352 g/mol. The van der Waals surface area contributed by atoms with Gasteiger partial charge in [0.05, 0.1) is 0 Å². The second-order valence-corrected chi connectivity index (χ2v) is 7.61. The van der Waals surface area contributed by atoms with Crippen molar-refractivity contribution in [2.24, 2.45) is 17.4 Å². The summed E-state index contributed by atoms with van der Waals surface area (Å²) in [6, 6.07) is -2.50. The molecule has 1 unspecified atom stereocenters. The molecule has 156 valence electrons. The number of aliphatic hydroxyl groups is 1. The van der Waals surface area contributed by atoms with E-state index in [9.17, 15) is 24.6 Å². The SMILES string of the molecule is CC(C)C[C@H](NC(=O)C(O)[C@H](N)CCCCN)C(=O)N1CCC[C@H]1C(=O)O. The predicted octanol–water partition coefficient (Wildman–Crippen LogP) is -0.590. The molecule has 0 aliphatic carbocycles. The number of nitrogens with zero attached hydrogens (tertiary/aromatic N) is 1. The van der Waals surface area contributed by atoms with Crippen molar-refractivity contribution in [3.05, 3.63) is 0 Å². The monoisotopic (exact) mass is 386 g/mol. The summed E-state index contributed by atoms with van der Waals surface area (Å²) in [6.07, 6.45) is 1.83. The number of rotatable bonds is 11. The zero-order chi connectivity index (χ0) is 20.6. The third-order valence-electron chi connectivity index (χ3n) is 4.81. The number of amides is 2. The summed E-state index contributed by atoms with van der Waals surface area (Å²) < 4.78 is 0. The number of hydrogen-bond donors (Lipinski definition) is 5. The second-order valence-electron chi connectivity index (χ2n) is 7.61. The number of unbranched alkanes of at least 4 members (excludes halogenated alkanes) is 1. The first-order valence-corrected chi connectivity index (χ1v) is 9.66. The van der Waals surface area contributed by atoms with Crippen LogP contribution in [0.2, 0.25) is 0 Å². The zero-order valence-electron chi connectivity index (χ0n) is 16.3. The molecule has 9 heteroatoms. The summed E-state index contributed by atoms with van der Waals surface area (Å²) in [7, 11) is 0. The first-order chi connectivity index (χ1) is 12.7. The fourth-order valence-electron chi connectivity index (χ4n) is 3.31. The summed E-state index contributed by atoms with van der Waals surface area (Å²) in [6.45, 7) is 4.67. The van der Waals surface area contributed by atoms with Crippen molar-refractivity contribution in [2.75, 3.05) is 13.1 Å². The lowest BCUT2D eigenvalue weighted by Gasteiger charge is -2.29. The van der Waals surface area contributed by atoms with Gasteiger partial charge in [-0.1, -0.05) is 20.3 Å². The van der Waals surface area contributed by atoms with Crippen molar-refractivity contribution in [1.82, 2.24) is 10.2 Å². The molecule has 0 radical (unpaired) electrons. The molecule has 1 aliphatic heterocycles. The zero-order valence-corrected chi connectivity index (χ0v) is 16.3. The van der Waals surface area contributed by atoms with Crippen molar-refractivity contribution >= 4 is 17.8 Å². The van der Waals surface area contributed by atoms with E-state index in [-0.39, 0.29) is 5.92 Å². The van der Waals surface area contributed by atoms with E-state index < -0.39 is 42.0 Å². The van der Waals surface area contributed by atoms with Crippen molar-refractivity contribution in [3.8, 4) is 0 Å². The third kappa shape index (κ3) is 7.08. The Morgan fingerprint density at radius 1 is 1.26 bits per heavy atom. The molecule has 1 aliphatic rings. The van der Waals surface area contributed by atoms with Crippen LogP contribution in [0.1, 0.15) is 52.4 Å². The minimum Gasteiger partial charge on any atom is -0.480 e. The molecule has 0 aromatic heterocycles. The van der Waals surface area contributed by atoms with Crippen LogP contribution in [-0.2, 0) is 14.4 Å². The van der Waals surface area contributed by atoms with Gasteiger partial charge in [-0.05, 0) is 44.6 Å². The van der Waals surface area contributed by atoms with E-state index in [0.29, 0.717) is 45.2 Å². The van der Waals surface area contributed by atoms with Gasteiger partial charge < -0.3 is 31.9 Å². The van der Waals surface area contributed by atoms with E-state index in [2.05, 4.69) is 5.32 Å². The van der Waals surface area contributed by atoms with E-state index in [1.807, 2.05) is 13.8 Å². The van der Waals surface area contributed by atoms with Crippen LogP contribution in [-0.4, -0.2) is 70.2 Å². The van der Waals surface area contributed by atoms with E-state index in [1.165, 1.54) is 4.90 Å². The predicted molar refractivity (Wildman–Crippen MR) is 101 cm³/mol. The van der Waals surface area contributed by atoms with Crippen LogP contribution >= 0.6 is 0 Å². The first-order valence-electron chi connectivity index (χ1n) is 9.66. The van der Waals surface area contributed by atoms with E-state index >= 15 is 0 Å². The number of nitrogens with two attached hydrogens (primary N) is 2. The highest BCUT2D eigenvalue weighted by Crippen LogP contribution is 2.20. The molecule has 1 saturated heterocycles. The lowest BCUT2D eigenvalue weighted by molar-refractivity contribution is -0.150. The Morgan fingerprint density at radius 3 is 2.48 bits per heavy atom. The van der Waals surface area contributed by atoms with Gasteiger partial charge in [0.2, 0.25) is 5.91 Å². The Bertz CT molecular complexity index is 514. The van der Waals surface area contributed by atoms with Gasteiger partial charge in [-0.2, -0.15) is 0 Å². The van der Waals surface area contributed by atoms with Crippen LogP contribution in [0.5, 0.6) is 0 Å². The van der Waals surface area contributed by atoms with E-state index in [0.717, 1.165) is 6.42 Å². The molecule has 1 rings (SSSR count). The molecular formula is C18H34N4O5. The summed E-state index contributed by atoms with van der Waals surface area (Å²) >= 11 is 0. The van der Waals surface area contributed by atoms with Crippen molar-refractivity contribution in [2.45, 2.75) is 76.6 Å². The molecule has 1 heterocycles. The molecule has 0 saturated carbocycles. The maximum absolute atomic E-state index is 12.9. The van der Waals surface area contributed by atoms with Gasteiger partial charge in [0.25, 0.3) is 5.91 Å². The Kier molecular flexibility index (Phi) is 9.68. The minimum absolute atomic E-state index is 0.0977. The van der Waals surface area contributed by atoms with E-state index in [1.54, 1.807) is 0 Å². The van der Waals surface area contributed by atoms with Crippen LogP contribution in [0.3, 0.4) is 0 Å². The van der Waals surface area contributed by atoms with Gasteiger partial charge in [0.1, 0.15) is 18.2 Å². The quantitative estimate of drug-likeness (QED) is 0.297. The standard InChI is InChI=1S/C18H34N4O5/c1-11(2)10-13(17(25)22-9-5-7-14(22)18(26)27)21-16(24)15(23)12(20)6-3-4-8-19/h11-15,23H,3-10,19-20H2,1-2H3,(H,21,24)(H,26,27)/t12-,13+,14+,15?/m1/s1. The number of aliphatic hydroxyl groups excluding tert-OH is 1. The maximum atomic E-state index is 12.9. The summed E-state index contributed by atoms with van der Waals surface area (Å²) in [5.41, 5.74) is 11.3. The van der Waals surface area contributed by atoms with Crippen molar-refractivity contribution in [1.29, 1.82) is 0 Å². The summed E-state index contributed by atoms with van der Waals surface area (Å²) in [5, 5.41) is 22.0. The molecule has 27 heavy (non-hydrogen) atoms. The van der Waals surface area contributed by atoms with E-state index in [4.69, 9.17) is 11.5 Å². The average molecular weight is 386 g/mol. The molecule has 2 amide bonds. The van der Waals surface area contributed by atoms with Crippen LogP contribution < -0.4 is 16.8 Å². The number of nitrogens with one attached hydrogen (secondary N) is 1. The molecule has 0 aromatic rings. The molecule has 7 N–H and O–H groups in total. The highest BCUT2D eigenvalue weighted by Gasteiger charge is 2.38. The van der Waals surface area contributed by atoms with Gasteiger partial charge in [-0.3, -0.25) is 9.59 Å². The number of carboxylic acids is 1. The Hall–Kier alpha value is -1.71. The molecule has 4 atom stereocenters. The van der Waals surface area contributed by atoms with Gasteiger partial charge >= 0.3 is 5.97 Å². The van der Waals surface area contributed by atoms with Crippen LogP contribution in [0.4, 0.5) is 0 Å². The number of carbonyl (C=O) groups is 3. The second kappa shape index (κ2) is 11.2. The largest absolute Gasteiger partial charge is 0.480 e. The topological polar surface area (TPSA) is 159 Å². The fraction of sp³-hybridized carbons (Fsp3) is 0.833. The Morgan fingerprint density at radius 2 is 1.93 bits per heavy atom. The Labute approximate surface area is 160 Å². The molecule has 1 fully saturated rings. The number of likely N-dealkylation sites (tertiary alicyclic amines) is 1. The molecule has 9 nitrogen and oxygen atoms in total. The summed E-state index contributed by atoms with van der Waals surface area (Å²) in [5.74, 6) is -2.08. The average Bonchev–Trinajstić information content (AvgIpc) is 3.09. The third-order valence-corrected chi connectivity index (χ3v) is 4.81. The smallest absolute Gasteiger partial charge is 0.326 e.